The van der Waals surface area contributed by atoms with Crippen LogP contribution >= 0.6 is 0 Å². The average Bonchev–Trinajstić information content (AvgIpc) is 3.05. The molecule has 0 saturated carbocycles. The molecule has 0 amide bonds. The fourth-order valence-electron chi connectivity index (χ4n) is 2.49. The normalized spacial score (nSPS) is 10.9. The number of hydrogen-bond acceptors (Lipinski definition) is 4. The van der Waals surface area contributed by atoms with E-state index >= 15 is 0 Å². The number of pyridine rings is 1. The monoisotopic (exact) mass is 319 g/mol. The van der Waals surface area contributed by atoms with E-state index in [0.29, 0.717) is 6.54 Å². The van der Waals surface area contributed by atoms with Crippen molar-refractivity contribution in [1.29, 1.82) is 0 Å². The minimum absolute atomic E-state index is 0.261. The predicted octanol–water partition coefficient (Wildman–Crippen LogP) is 3.54. The maximum absolute atomic E-state index is 13.1. The second kappa shape index (κ2) is 6.08. The van der Waals surface area contributed by atoms with Gasteiger partial charge in [0, 0.05) is 30.7 Å². The van der Waals surface area contributed by atoms with Gasteiger partial charge in [0.05, 0.1) is 6.20 Å². The molecule has 4 aromatic rings. The minimum Gasteiger partial charge on any atom is -0.366 e. The highest BCUT2D eigenvalue weighted by Gasteiger charge is 2.09. The molecule has 118 valence electrons. The Hall–Kier alpha value is -3.28. The van der Waals surface area contributed by atoms with Crippen LogP contribution in [0.15, 0.2) is 67.3 Å². The summed E-state index contributed by atoms with van der Waals surface area (Å²) in [5.74, 6) is 0.492. The molecular formula is C18H14FN5. The summed E-state index contributed by atoms with van der Waals surface area (Å²) < 4.78 is 14.8. The van der Waals surface area contributed by atoms with E-state index in [1.54, 1.807) is 35.2 Å². The molecule has 0 spiro atoms. The van der Waals surface area contributed by atoms with Gasteiger partial charge in [0.2, 0.25) is 0 Å². The Morgan fingerprint density at radius 1 is 1.00 bits per heavy atom. The van der Waals surface area contributed by atoms with Gasteiger partial charge in [0.25, 0.3) is 0 Å². The lowest BCUT2D eigenvalue weighted by atomic mass is 10.1. The Morgan fingerprint density at radius 3 is 2.58 bits per heavy atom. The van der Waals surface area contributed by atoms with Gasteiger partial charge in [-0.05, 0) is 41.5 Å². The van der Waals surface area contributed by atoms with Gasteiger partial charge >= 0.3 is 0 Å². The lowest BCUT2D eigenvalue weighted by Crippen LogP contribution is -2.02. The van der Waals surface area contributed by atoms with Gasteiger partial charge in [0.1, 0.15) is 11.6 Å². The first-order chi connectivity index (χ1) is 11.8. The number of anilines is 1. The Balaban J connectivity index is 1.64. The van der Waals surface area contributed by atoms with E-state index in [-0.39, 0.29) is 5.82 Å². The van der Waals surface area contributed by atoms with Gasteiger partial charge in [0.15, 0.2) is 5.65 Å². The zero-order chi connectivity index (χ0) is 16.4. The summed E-state index contributed by atoms with van der Waals surface area (Å²) in [6.45, 7) is 0.658. The van der Waals surface area contributed by atoms with E-state index in [2.05, 4.69) is 20.4 Å². The predicted molar refractivity (Wildman–Crippen MR) is 89.9 cm³/mol. The number of nitrogens with zero attached hydrogens (tertiary/aromatic N) is 4. The van der Waals surface area contributed by atoms with Gasteiger partial charge in [-0.3, -0.25) is 4.98 Å². The van der Waals surface area contributed by atoms with Crippen LogP contribution in [0.4, 0.5) is 10.2 Å². The van der Waals surface area contributed by atoms with Gasteiger partial charge in [-0.15, -0.1) is 0 Å². The summed E-state index contributed by atoms with van der Waals surface area (Å²) in [5, 5.41) is 7.59. The SMILES string of the molecule is Fc1ccc(-c2cnn3ccc(NCc4ccncc4)nc23)cc1. The van der Waals surface area contributed by atoms with E-state index in [4.69, 9.17) is 0 Å². The average molecular weight is 319 g/mol. The van der Waals surface area contributed by atoms with Crippen LogP contribution in [0.5, 0.6) is 0 Å². The molecule has 0 aliphatic carbocycles. The Morgan fingerprint density at radius 2 is 1.79 bits per heavy atom. The number of rotatable bonds is 4. The molecule has 24 heavy (non-hydrogen) atoms. The van der Waals surface area contributed by atoms with E-state index in [1.807, 2.05) is 24.4 Å². The van der Waals surface area contributed by atoms with Gasteiger partial charge in [-0.1, -0.05) is 12.1 Å². The van der Waals surface area contributed by atoms with Crippen LogP contribution in [0.25, 0.3) is 16.8 Å². The first-order valence-electron chi connectivity index (χ1n) is 7.53. The standard InChI is InChI=1S/C18H14FN5/c19-15-3-1-14(2-4-15)16-12-22-24-10-7-17(23-18(16)24)21-11-13-5-8-20-9-6-13/h1-10,12H,11H2,(H,21,23). The smallest absolute Gasteiger partial charge is 0.165 e. The molecule has 4 rings (SSSR count). The van der Waals surface area contributed by atoms with Crippen LogP contribution in [0.2, 0.25) is 0 Å². The van der Waals surface area contributed by atoms with Crippen LogP contribution in [0.1, 0.15) is 5.56 Å². The summed E-state index contributed by atoms with van der Waals surface area (Å²) in [7, 11) is 0. The number of fused-ring (bicyclic) bond motifs is 1. The highest BCUT2D eigenvalue weighted by Crippen LogP contribution is 2.24. The highest BCUT2D eigenvalue weighted by molar-refractivity contribution is 5.77. The molecule has 0 bridgehead atoms. The molecule has 6 heteroatoms. The van der Waals surface area contributed by atoms with Crippen molar-refractivity contribution >= 4 is 11.5 Å². The summed E-state index contributed by atoms with van der Waals surface area (Å²) >= 11 is 0. The molecule has 0 radical (unpaired) electrons. The van der Waals surface area contributed by atoms with E-state index in [9.17, 15) is 4.39 Å². The van der Waals surface area contributed by atoms with Crippen molar-refractivity contribution in [2.24, 2.45) is 0 Å². The molecular weight excluding hydrogens is 305 g/mol. The molecule has 1 aromatic carbocycles. The quantitative estimate of drug-likeness (QED) is 0.625. The Kier molecular flexibility index (Phi) is 3.63. The van der Waals surface area contributed by atoms with Crippen LogP contribution in [0.3, 0.4) is 0 Å². The lowest BCUT2D eigenvalue weighted by molar-refractivity contribution is 0.628. The summed E-state index contributed by atoms with van der Waals surface area (Å²) in [6.07, 6.45) is 7.11. The third-order valence-corrected chi connectivity index (χ3v) is 3.75. The van der Waals surface area contributed by atoms with Crippen LogP contribution in [0, 0.1) is 5.82 Å². The van der Waals surface area contributed by atoms with Crippen LogP contribution < -0.4 is 5.32 Å². The van der Waals surface area contributed by atoms with Crippen molar-refractivity contribution in [3.63, 3.8) is 0 Å². The molecule has 0 fully saturated rings. The van der Waals surface area contributed by atoms with E-state index in [1.165, 1.54) is 12.1 Å². The topological polar surface area (TPSA) is 55.1 Å². The molecule has 0 unspecified atom stereocenters. The zero-order valence-corrected chi connectivity index (χ0v) is 12.7. The summed E-state index contributed by atoms with van der Waals surface area (Å²) in [6, 6.07) is 12.1. The van der Waals surface area contributed by atoms with Gasteiger partial charge in [-0.25, -0.2) is 13.9 Å². The fraction of sp³-hybridized carbons (Fsp3) is 0.0556. The minimum atomic E-state index is -0.261. The van der Waals surface area contributed by atoms with Crippen molar-refractivity contribution < 1.29 is 4.39 Å². The second-order valence-corrected chi connectivity index (χ2v) is 5.36. The Labute approximate surface area is 137 Å². The van der Waals surface area contributed by atoms with E-state index in [0.717, 1.165) is 28.2 Å². The molecule has 3 heterocycles. The van der Waals surface area contributed by atoms with Crippen molar-refractivity contribution in [2.45, 2.75) is 6.54 Å². The number of hydrogen-bond donors (Lipinski definition) is 1. The van der Waals surface area contributed by atoms with Crippen LogP contribution in [-0.2, 0) is 6.54 Å². The van der Waals surface area contributed by atoms with Crippen molar-refractivity contribution in [2.75, 3.05) is 5.32 Å². The van der Waals surface area contributed by atoms with E-state index < -0.39 is 0 Å². The molecule has 3 aromatic heterocycles. The maximum Gasteiger partial charge on any atom is 0.165 e. The molecule has 0 atom stereocenters. The van der Waals surface area contributed by atoms with Gasteiger partial charge < -0.3 is 5.32 Å². The largest absolute Gasteiger partial charge is 0.366 e. The number of nitrogens with one attached hydrogen (secondary N) is 1. The highest BCUT2D eigenvalue weighted by atomic mass is 19.1. The first kappa shape index (κ1) is 14.3. The molecule has 0 saturated heterocycles. The third-order valence-electron chi connectivity index (χ3n) is 3.75. The maximum atomic E-state index is 13.1. The molecule has 1 N–H and O–H groups in total. The number of halogens is 1. The van der Waals surface area contributed by atoms with Crippen molar-refractivity contribution in [1.82, 2.24) is 19.6 Å². The molecule has 5 nitrogen and oxygen atoms in total. The fourth-order valence-corrected chi connectivity index (χ4v) is 2.49. The lowest BCUT2D eigenvalue weighted by Gasteiger charge is -2.06. The molecule has 0 aliphatic heterocycles. The summed E-state index contributed by atoms with van der Waals surface area (Å²) in [5.41, 5.74) is 3.59. The molecule has 0 aliphatic rings. The third kappa shape index (κ3) is 2.81. The van der Waals surface area contributed by atoms with Crippen molar-refractivity contribution in [3.05, 3.63) is 78.6 Å². The van der Waals surface area contributed by atoms with Crippen molar-refractivity contribution in [3.8, 4) is 11.1 Å². The Bertz CT molecular complexity index is 964. The second-order valence-electron chi connectivity index (χ2n) is 5.36. The van der Waals surface area contributed by atoms with Crippen LogP contribution in [-0.4, -0.2) is 19.6 Å². The summed E-state index contributed by atoms with van der Waals surface area (Å²) in [4.78, 5) is 8.63. The number of aromatic nitrogens is 4. The number of benzene rings is 1. The zero-order valence-electron chi connectivity index (χ0n) is 12.7. The first-order valence-corrected chi connectivity index (χ1v) is 7.53. The van der Waals surface area contributed by atoms with Gasteiger partial charge in [-0.2, -0.15) is 5.10 Å².